The summed E-state index contributed by atoms with van der Waals surface area (Å²) in [5, 5.41) is 17.6. The van der Waals surface area contributed by atoms with Gasteiger partial charge in [0.2, 0.25) is 5.89 Å². The Morgan fingerprint density at radius 2 is 2.47 bits per heavy atom. The van der Waals surface area contributed by atoms with E-state index in [-0.39, 0.29) is 0 Å². The third-order valence-corrected chi connectivity index (χ3v) is 3.11. The van der Waals surface area contributed by atoms with Gasteiger partial charge >= 0.3 is 0 Å². The Kier molecular flexibility index (Phi) is 3.85. The Labute approximate surface area is 103 Å². The van der Waals surface area contributed by atoms with Gasteiger partial charge in [-0.15, -0.1) is 11.3 Å². The topological polar surface area (TPSA) is 74.7 Å². The van der Waals surface area contributed by atoms with Crippen molar-refractivity contribution in [3.05, 3.63) is 33.6 Å². The molecule has 0 aromatic carbocycles. The summed E-state index contributed by atoms with van der Waals surface area (Å²) >= 11 is 1.59. The minimum Gasteiger partial charge on any atom is -0.340 e. The Hall–Kier alpha value is -1.71. The van der Waals surface area contributed by atoms with Gasteiger partial charge < -0.3 is 9.84 Å². The normalized spacial score (nSPS) is 10.4. The number of thiophene rings is 1. The molecule has 2 aromatic rings. The van der Waals surface area contributed by atoms with Crippen LogP contribution in [-0.4, -0.2) is 16.7 Å². The molecule has 1 N–H and O–H groups in total. The minimum atomic E-state index is 0.594. The maximum absolute atomic E-state index is 8.68. The first-order valence-corrected chi connectivity index (χ1v) is 6.13. The number of nitrogens with zero attached hydrogens (tertiary/aromatic N) is 3. The van der Waals surface area contributed by atoms with E-state index in [4.69, 9.17) is 9.78 Å². The van der Waals surface area contributed by atoms with E-state index in [2.05, 4.69) is 21.5 Å². The van der Waals surface area contributed by atoms with Gasteiger partial charge in [0.15, 0.2) is 5.82 Å². The molecule has 0 aliphatic carbocycles. The van der Waals surface area contributed by atoms with Crippen LogP contribution in [-0.2, 0) is 13.0 Å². The molecule has 0 aliphatic rings. The summed E-state index contributed by atoms with van der Waals surface area (Å²) in [7, 11) is 0. The zero-order valence-electron chi connectivity index (χ0n) is 9.43. The van der Waals surface area contributed by atoms with Crippen molar-refractivity contribution >= 4 is 11.3 Å². The summed E-state index contributed by atoms with van der Waals surface area (Å²) in [6, 6.07) is 4.02. The lowest BCUT2D eigenvalue weighted by Crippen LogP contribution is -2.16. The van der Waals surface area contributed by atoms with Crippen LogP contribution in [0.1, 0.15) is 22.2 Å². The molecular weight excluding hydrogens is 236 g/mol. The Morgan fingerprint density at radius 3 is 3.12 bits per heavy atom. The number of rotatable bonds is 5. The molecule has 0 fully saturated rings. The number of nitriles is 1. The highest BCUT2D eigenvalue weighted by atomic mass is 32.1. The molecule has 0 radical (unpaired) electrons. The highest BCUT2D eigenvalue weighted by Gasteiger charge is 2.02. The lowest BCUT2D eigenvalue weighted by Gasteiger charge is -1.99. The monoisotopic (exact) mass is 248 g/mol. The van der Waals surface area contributed by atoms with Gasteiger partial charge in [-0.1, -0.05) is 5.16 Å². The van der Waals surface area contributed by atoms with Gasteiger partial charge in [-0.05, 0) is 6.07 Å². The SMILES string of the molecule is Cc1nc(CCNCc2cc(C#N)cs2)no1. The Morgan fingerprint density at radius 1 is 1.59 bits per heavy atom. The average Bonchev–Trinajstić information content (AvgIpc) is 2.93. The predicted octanol–water partition coefficient (Wildman–Crippen LogP) is 1.64. The predicted molar refractivity (Wildman–Crippen MR) is 63.5 cm³/mol. The van der Waals surface area contributed by atoms with Crippen LogP contribution in [0.5, 0.6) is 0 Å². The van der Waals surface area contributed by atoms with Crippen LogP contribution in [0.15, 0.2) is 16.0 Å². The summed E-state index contributed by atoms with van der Waals surface area (Å²) in [5.74, 6) is 1.32. The third-order valence-electron chi connectivity index (χ3n) is 2.18. The summed E-state index contributed by atoms with van der Waals surface area (Å²) < 4.78 is 4.87. The highest BCUT2D eigenvalue weighted by Crippen LogP contribution is 2.13. The van der Waals surface area contributed by atoms with Gasteiger partial charge in [0, 0.05) is 36.7 Å². The van der Waals surface area contributed by atoms with Crippen molar-refractivity contribution in [3.8, 4) is 6.07 Å². The van der Waals surface area contributed by atoms with Gasteiger partial charge in [0.05, 0.1) is 5.56 Å². The molecule has 0 amide bonds. The third kappa shape index (κ3) is 3.37. The smallest absolute Gasteiger partial charge is 0.223 e. The maximum atomic E-state index is 8.68. The van der Waals surface area contributed by atoms with Crippen molar-refractivity contribution in [3.63, 3.8) is 0 Å². The lowest BCUT2D eigenvalue weighted by atomic mass is 10.3. The number of aryl methyl sites for hydroxylation is 1. The van der Waals surface area contributed by atoms with Gasteiger partial charge in [-0.25, -0.2) is 0 Å². The molecule has 0 spiro atoms. The second-order valence-corrected chi connectivity index (χ2v) is 4.57. The first-order chi connectivity index (χ1) is 8.28. The molecule has 0 unspecified atom stereocenters. The fourth-order valence-corrected chi connectivity index (χ4v) is 2.17. The average molecular weight is 248 g/mol. The first-order valence-electron chi connectivity index (χ1n) is 5.25. The van der Waals surface area contributed by atoms with E-state index < -0.39 is 0 Å². The lowest BCUT2D eigenvalue weighted by molar-refractivity contribution is 0.387. The van der Waals surface area contributed by atoms with Crippen molar-refractivity contribution in [2.75, 3.05) is 6.54 Å². The van der Waals surface area contributed by atoms with Crippen LogP contribution in [0.4, 0.5) is 0 Å². The zero-order valence-corrected chi connectivity index (χ0v) is 10.3. The molecule has 17 heavy (non-hydrogen) atoms. The molecule has 0 bridgehead atoms. The Bertz CT molecular complexity index is 526. The zero-order chi connectivity index (χ0) is 12.1. The van der Waals surface area contributed by atoms with Crippen LogP contribution < -0.4 is 5.32 Å². The van der Waals surface area contributed by atoms with Gasteiger partial charge in [-0.2, -0.15) is 10.2 Å². The molecule has 2 aromatic heterocycles. The summed E-state index contributed by atoms with van der Waals surface area (Å²) in [6.45, 7) is 3.33. The van der Waals surface area contributed by atoms with Crippen molar-refractivity contribution in [1.82, 2.24) is 15.5 Å². The van der Waals surface area contributed by atoms with Gasteiger partial charge in [0.1, 0.15) is 6.07 Å². The fraction of sp³-hybridized carbons (Fsp3) is 0.364. The van der Waals surface area contributed by atoms with E-state index in [0.717, 1.165) is 35.8 Å². The van der Waals surface area contributed by atoms with Gasteiger partial charge in [-0.3, -0.25) is 0 Å². The van der Waals surface area contributed by atoms with Crippen LogP contribution in [0.2, 0.25) is 0 Å². The van der Waals surface area contributed by atoms with E-state index in [9.17, 15) is 0 Å². The quantitative estimate of drug-likeness (QED) is 0.814. The van der Waals surface area contributed by atoms with Gasteiger partial charge in [0.25, 0.3) is 0 Å². The molecule has 5 nitrogen and oxygen atoms in total. The molecule has 0 aliphatic heterocycles. The van der Waals surface area contributed by atoms with E-state index >= 15 is 0 Å². The molecule has 6 heteroatoms. The minimum absolute atomic E-state index is 0.594. The van der Waals surface area contributed by atoms with Crippen LogP contribution in [0.3, 0.4) is 0 Å². The molecule has 0 atom stereocenters. The number of hydrogen-bond donors (Lipinski definition) is 1. The maximum Gasteiger partial charge on any atom is 0.223 e. The van der Waals surface area contributed by atoms with E-state index in [1.165, 1.54) is 0 Å². The molecule has 0 saturated carbocycles. The number of aromatic nitrogens is 2. The largest absolute Gasteiger partial charge is 0.340 e. The van der Waals surface area contributed by atoms with Crippen molar-refractivity contribution in [2.45, 2.75) is 19.9 Å². The number of nitrogens with one attached hydrogen (secondary N) is 1. The molecule has 2 heterocycles. The van der Waals surface area contributed by atoms with Crippen LogP contribution in [0.25, 0.3) is 0 Å². The molecule has 2 rings (SSSR count). The van der Waals surface area contributed by atoms with E-state index in [1.54, 1.807) is 18.3 Å². The standard InChI is InChI=1S/C11H12N4OS/c1-8-14-11(15-16-8)2-3-13-6-10-4-9(5-12)7-17-10/h4,7,13H,2-3,6H2,1H3. The molecule has 0 saturated heterocycles. The Balaban J connectivity index is 1.71. The van der Waals surface area contributed by atoms with Crippen LogP contribution >= 0.6 is 11.3 Å². The van der Waals surface area contributed by atoms with Crippen molar-refractivity contribution in [2.24, 2.45) is 0 Å². The fourth-order valence-electron chi connectivity index (χ4n) is 1.39. The van der Waals surface area contributed by atoms with Crippen LogP contribution in [0, 0.1) is 18.3 Å². The number of hydrogen-bond acceptors (Lipinski definition) is 6. The van der Waals surface area contributed by atoms with E-state index in [1.807, 2.05) is 11.4 Å². The summed E-state index contributed by atoms with van der Waals surface area (Å²) in [4.78, 5) is 5.27. The van der Waals surface area contributed by atoms with Crippen molar-refractivity contribution in [1.29, 1.82) is 5.26 Å². The molecule has 88 valence electrons. The summed E-state index contributed by atoms with van der Waals surface area (Å²) in [6.07, 6.45) is 0.744. The van der Waals surface area contributed by atoms with Crippen molar-refractivity contribution < 1.29 is 4.52 Å². The highest BCUT2D eigenvalue weighted by molar-refractivity contribution is 7.10. The van der Waals surface area contributed by atoms with E-state index in [0.29, 0.717) is 5.89 Å². The second-order valence-electron chi connectivity index (χ2n) is 3.57. The molecular formula is C11H12N4OS. The summed E-state index contributed by atoms with van der Waals surface area (Å²) in [5.41, 5.74) is 0.723. The second kappa shape index (κ2) is 5.57. The first kappa shape index (κ1) is 11.8.